The van der Waals surface area contributed by atoms with E-state index in [1.54, 1.807) is 0 Å². The predicted octanol–water partition coefficient (Wildman–Crippen LogP) is 0.486. The first-order chi connectivity index (χ1) is 7.60. The van der Waals surface area contributed by atoms with E-state index in [2.05, 4.69) is 5.32 Å². The van der Waals surface area contributed by atoms with Crippen molar-refractivity contribution in [2.45, 2.75) is 38.5 Å². The monoisotopic (exact) mass is 228 g/mol. The Labute approximate surface area is 95.4 Å². The Balaban J connectivity index is 2.22. The second-order valence-corrected chi connectivity index (χ2v) is 4.46. The van der Waals surface area contributed by atoms with Gasteiger partial charge in [-0.1, -0.05) is 6.42 Å². The highest BCUT2D eigenvalue weighted by molar-refractivity contribution is 5.79. The minimum atomic E-state index is -0.791. The summed E-state index contributed by atoms with van der Waals surface area (Å²) in [5.41, 5.74) is 4.63. The van der Waals surface area contributed by atoms with E-state index >= 15 is 0 Å². The number of nitrogens with one attached hydrogen (secondary N) is 1. The summed E-state index contributed by atoms with van der Waals surface area (Å²) in [6.45, 7) is 0.857. The molecule has 4 N–H and O–H groups in total. The Hall–Kier alpha value is -1.10. The minimum Gasteiger partial charge on any atom is -0.481 e. The molecule has 0 unspecified atom stereocenters. The number of aliphatic carboxylic acids is 1. The molecule has 5 nitrogen and oxygen atoms in total. The average Bonchev–Trinajstić information content (AvgIpc) is 2.16. The highest BCUT2D eigenvalue weighted by Crippen LogP contribution is 2.40. The van der Waals surface area contributed by atoms with Gasteiger partial charge in [-0.05, 0) is 32.2 Å². The van der Waals surface area contributed by atoms with Gasteiger partial charge in [0.05, 0.1) is 5.41 Å². The van der Waals surface area contributed by atoms with Crippen molar-refractivity contribution in [1.82, 2.24) is 5.32 Å². The molecule has 0 radical (unpaired) electrons. The van der Waals surface area contributed by atoms with Gasteiger partial charge in [0, 0.05) is 13.0 Å². The van der Waals surface area contributed by atoms with Gasteiger partial charge in [-0.2, -0.15) is 0 Å². The second kappa shape index (κ2) is 5.84. The molecular weight excluding hydrogens is 208 g/mol. The van der Waals surface area contributed by atoms with Crippen LogP contribution in [-0.2, 0) is 9.59 Å². The van der Waals surface area contributed by atoms with Crippen LogP contribution in [0.2, 0.25) is 0 Å². The van der Waals surface area contributed by atoms with Gasteiger partial charge in [0.2, 0.25) is 5.91 Å². The fourth-order valence-corrected chi connectivity index (χ4v) is 1.86. The molecule has 0 spiro atoms. The van der Waals surface area contributed by atoms with Crippen LogP contribution in [0, 0.1) is 5.41 Å². The number of nitrogens with two attached hydrogens (primary N) is 1. The zero-order valence-corrected chi connectivity index (χ0v) is 9.50. The SMILES string of the molecule is NCCCCC(=O)NCC1(C(=O)O)CCC1. The lowest BCUT2D eigenvalue weighted by molar-refractivity contribution is -0.154. The Morgan fingerprint density at radius 3 is 2.44 bits per heavy atom. The van der Waals surface area contributed by atoms with Crippen molar-refractivity contribution in [1.29, 1.82) is 0 Å². The van der Waals surface area contributed by atoms with Crippen LogP contribution in [0.15, 0.2) is 0 Å². The number of amides is 1. The number of carboxylic acid groups (broad SMARTS) is 1. The van der Waals surface area contributed by atoms with Crippen LogP contribution in [0.4, 0.5) is 0 Å². The fourth-order valence-electron chi connectivity index (χ4n) is 1.86. The summed E-state index contributed by atoms with van der Waals surface area (Å²) in [5.74, 6) is -0.859. The lowest BCUT2D eigenvalue weighted by Crippen LogP contribution is -2.47. The largest absolute Gasteiger partial charge is 0.481 e. The average molecular weight is 228 g/mol. The molecule has 0 aromatic carbocycles. The molecule has 1 rings (SSSR count). The third-order valence-corrected chi connectivity index (χ3v) is 3.25. The molecule has 92 valence electrons. The van der Waals surface area contributed by atoms with Crippen LogP contribution in [0.25, 0.3) is 0 Å². The lowest BCUT2D eigenvalue weighted by atomic mass is 9.69. The molecule has 1 amide bonds. The molecule has 0 saturated heterocycles. The van der Waals surface area contributed by atoms with E-state index in [1.165, 1.54) is 0 Å². The van der Waals surface area contributed by atoms with Crippen LogP contribution >= 0.6 is 0 Å². The van der Waals surface area contributed by atoms with Crippen LogP contribution in [0.1, 0.15) is 38.5 Å². The van der Waals surface area contributed by atoms with Gasteiger partial charge < -0.3 is 16.2 Å². The molecule has 0 aromatic heterocycles. The van der Waals surface area contributed by atoms with Gasteiger partial charge in [0.1, 0.15) is 0 Å². The summed E-state index contributed by atoms with van der Waals surface area (Å²) < 4.78 is 0. The van der Waals surface area contributed by atoms with Crippen molar-refractivity contribution in [3.63, 3.8) is 0 Å². The summed E-state index contributed by atoms with van der Waals surface area (Å²) in [7, 11) is 0. The molecule has 0 atom stereocenters. The molecular formula is C11H20N2O3. The molecule has 1 fully saturated rings. The maximum atomic E-state index is 11.4. The van der Waals surface area contributed by atoms with Gasteiger partial charge in [-0.3, -0.25) is 9.59 Å². The molecule has 1 aliphatic carbocycles. The summed E-state index contributed by atoms with van der Waals surface area (Å²) in [6.07, 6.45) is 4.32. The maximum Gasteiger partial charge on any atom is 0.311 e. The molecule has 0 aliphatic heterocycles. The van der Waals surface area contributed by atoms with Crippen LogP contribution in [0.5, 0.6) is 0 Å². The van der Waals surface area contributed by atoms with Crippen LogP contribution < -0.4 is 11.1 Å². The number of rotatable bonds is 7. The summed E-state index contributed by atoms with van der Waals surface area (Å²) in [6, 6.07) is 0. The first-order valence-corrected chi connectivity index (χ1v) is 5.81. The zero-order valence-electron chi connectivity index (χ0n) is 9.50. The number of unbranched alkanes of at least 4 members (excludes halogenated alkanes) is 1. The first kappa shape index (κ1) is 13.0. The second-order valence-electron chi connectivity index (χ2n) is 4.46. The van der Waals surface area contributed by atoms with Crippen molar-refractivity contribution >= 4 is 11.9 Å². The van der Waals surface area contributed by atoms with Gasteiger partial charge in [0.15, 0.2) is 0 Å². The minimum absolute atomic E-state index is 0.0685. The fraction of sp³-hybridized carbons (Fsp3) is 0.818. The lowest BCUT2D eigenvalue weighted by Gasteiger charge is -2.37. The molecule has 5 heteroatoms. The van der Waals surface area contributed by atoms with Crippen molar-refractivity contribution in [3.8, 4) is 0 Å². The van der Waals surface area contributed by atoms with E-state index < -0.39 is 11.4 Å². The van der Waals surface area contributed by atoms with E-state index in [1.807, 2.05) is 0 Å². The topological polar surface area (TPSA) is 92.4 Å². The summed E-state index contributed by atoms with van der Waals surface area (Å²) >= 11 is 0. The number of carboxylic acids is 1. The number of hydrogen-bond acceptors (Lipinski definition) is 3. The Morgan fingerprint density at radius 2 is 2.00 bits per heavy atom. The Morgan fingerprint density at radius 1 is 1.31 bits per heavy atom. The Kier molecular flexibility index (Phi) is 4.73. The molecule has 0 heterocycles. The molecule has 0 aromatic rings. The Bertz CT molecular complexity index is 262. The van der Waals surface area contributed by atoms with Crippen LogP contribution in [0.3, 0.4) is 0 Å². The normalized spacial score (nSPS) is 17.6. The van der Waals surface area contributed by atoms with Gasteiger partial charge in [-0.25, -0.2) is 0 Å². The quantitative estimate of drug-likeness (QED) is 0.553. The van der Waals surface area contributed by atoms with E-state index in [4.69, 9.17) is 10.8 Å². The van der Waals surface area contributed by atoms with Gasteiger partial charge >= 0.3 is 5.97 Å². The van der Waals surface area contributed by atoms with Crippen molar-refractivity contribution < 1.29 is 14.7 Å². The van der Waals surface area contributed by atoms with Crippen molar-refractivity contribution in [2.75, 3.05) is 13.1 Å². The smallest absolute Gasteiger partial charge is 0.311 e. The van der Waals surface area contributed by atoms with Gasteiger partial charge in [-0.15, -0.1) is 0 Å². The van der Waals surface area contributed by atoms with Crippen molar-refractivity contribution in [2.24, 2.45) is 11.1 Å². The van der Waals surface area contributed by atoms with E-state index in [-0.39, 0.29) is 12.5 Å². The van der Waals surface area contributed by atoms with Crippen LogP contribution in [-0.4, -0.2) is 30.1 Å². The number of carbonyl (C=O) groups is 2. The molecule has 1 aliphatic rings. The summed E-state index contributed by atoms with van der Waals surface area (Å²) in [4.78, 5) is 22.4. The molecule has 1 saturated carbocycles. The van der Waals surface area contributed by atoms with Crippen molar-refractivity contribution in [3.05, 3.63) is 0 Å². The molecule has 16 heavy (non-hydrogen) atoms. The third kappa shape index (κ3) is 3.20. The van der Waals surface area contributed by atoms with E-state index in [0.717, 1.165) is 19.3 Å². The highest BCUT2D eigenvalue weighted by Gasteiger charge is 2.44. The highest BCUT2D eigenvalue weighted by atomic mass is 16.4. The zero-order chi connectivity index (χ0) is 12.0. The predicted molar refractivity (Wildman–Crippen MR) is 59.8 cm³/mol. The van der Waals surface area contributed by atoms with Gasteiger partial charge in [0.25, 0.3) is 0 Å². The molecule has 0 bridgehead atoms. The number of hydrogen-bond donors (Lipinski definition) is 3. The number of carbonyl (C=O) groups excluding carboxylic acids is 1. The summed E-state index contributed by atoms with van der Waals surface area (Å²) in [5, 5.41) is 11.7. The maximum absolute atomic E-state index is 11.4. The van der Waals surface area contributed by atoms with E-state index in [0.29, 0.717) is 25.8 Å². The van der Waals surface area contributed by atoms with E-state index in [9.17, 15) is 9.59 Å². The standard InChI is InChI=1S/C11H20N2O3/c12-7-2-1-4-9(14)13-8-11(10(15)16)5-3-6-11/h1-8,12H2,(H,13,14)(H,15,16). The first-order valence-electron chi connectivity index (χ1n) is 5.81. The third-order valence-electron chi connectivity index (χ3n) is 3.25.